The van der Waals surface area contributed by atoms with E-state index in [-0.39, 0.29) is 11.0 Å². The second kappa shape index (κ2) is 4.57. The van der Waals surface area contributed by atoms with Gasteiger partial charge < -0.3 is 4.57 Å². The first-order chi connectivity index (χ1) is 7.56. The molecular weight excluding hydrogens is 286 g/mol. The molecule has 2 rings (SSSR count). The number of thiol groups is 1. The molecule has 0 aromatic carbocycles. The minimum absolute atomic E-state index is 0.122. The zero-order valence-corrected chi connectivity index (χ0v) is 11.9. The Balaban J connectivity index is 2.31. The van der Waals surface area contributed by atoms with E-state index >= 15 is 0 Å². The molecule has 1 aliphatic rings. The third-order valence-electron chi connectivity index (χ3n) is 3.49. The van der Waals surface area contributed by atoms with Gasteiger partial charge >= 0.3 is 0 Å². The molecule has 0 spiro atoms. The Morgan fingerprint density at radius 3 is 2.75 bits per heavy atom. The van der Waals surface area contributed by atoms with E-state index in [2.05, 4.69) is 28.6 Å². The van der Waals surface area contributed by atoms with Crippen molar-refractivity contribution >= 4 is 28.6 Å². The molecule has 1 fully saturated rings. The first-order valence-corrected chi connectivity index (χ1v) is 6.96. The number of hydrogen-bond donors (Lipinski definition) is 1. The standard InChI is InChI=1S/C12H16BrNOS/c1-9-5-10(13)6-14(11(9)15)7-12(8-16)3-2-4-12/h5-6,16H,2-4,7-8H2,1H3. The predicted molar refractivity (Wildman–Crippen MR) is 73.3 cm³/mol. The van der Waals surface area contributed by atoms with Crippen LogP contribution in [0.5, 0.6) is 0 Å². The second-order valence-electron chi connectivity index (χ2n) is 4.79. The van der Waals surface area contributed by atoms with E-state index in [1.54, 1.807) is 0 Å². The van der Waals surface area contributed by atoms with Crippen LogP contribution in [0.1, 0.15) is 24.8 Å². The average molecular weight is 302 g/mol. The summed E-state index contributed by atoms with van der Waals surface area (Å²) < 4.78 is 2.80. The summed E-state index contributed by atoms with van der Waals surface area (Å²) in [5, 5.41) is 0. The largest absolute Gasteiger partial charge is 0.314 e. The van der Waals surface area contributed by atoms with Crippen molar-refractivity contribution < 1.29 is 0 Å². The molecule has 1 aliphatic carbocycles. The molecule has 1 saturated carbocycles. The van der Waals surface area contributed by atoms with E-state index in [1.165, 1.54) is 19.3 Å². The predicted octanol–water partition coefficient (Wildman–Crippen LogP) is 3.02. The monoisotopic (exact) mass is 301 g/mol. The Bertz CT molecular complexity index is 445. The number of nitrogens with zero attached hydrogens (tertiary/aromatic N) is 1. The maximum Gasteiger partial charge on any atom is 0.253 e. The highest BCUT2D eigenvalue weighted by molar-refractivity contribution is 9.10. The SMILES string of the molecule is Cc1cc(Br)cn(CC2(CS)CCC2)c1=O. The normalized spacial score (nSPS) is 18.2. The fourth-order valence-corrected chi connectivity index (χ4v) is 3.27. The van der Waals surface area contributed by atoms with Crippen molar-refractivity contribution in [3.63, 3.8) is 0 Å². The average Bonchev–Trinajstić information content (AvgIpc) is 2.18. The minimum Gasteiger partial charge on any atom is -0.314 e. The van der Waals surface area contributed by atoms with Crippen LogP contribution in [0.4, 0.5) is 0 Å². The zero-order valence-electron chi connectivity index (χ0n) is 9.37. The number of halogens is 1. The van der Waals surface area contributed by atoms with Crippen molar-refractivity contribution in [3.8, 4) is 0 Å². The van der Waals surface area contributed by atoms with E-state index < -0.39 is 0 Å². The van der Waals surface area contributed by atoms with E-state index in [4.69, 9.17) is 0 Å². The molecule has 4 heteroatoms. The van der Waals surface area contributed by atoms with Crippen LogP contribution in [-0.4, -0.2) is 10.3 Å². The molecule has 0 atom stereocenters. The van der Waals surface area contributed by atoms with Gasteiger partial charge in [0.2, 0.25) is 0 Å². The number of aryl methyl sites for hydroxylation is 1. The third-order valence-corrected chi connectivity index (χ3v) is 4.59. The molecular formula is C12H16BrNOS. The van der Waals surface area contributed by atoms with Gasteiger partial charge in [-0.1, -0.05) is 6.42 Å². The molecule has 0 radical (unpaired) electrons. The molecule has 1 aromatic heterocycles. The molecule has 16 heavy (non-hydrogen) atoms. The van der Waals surface area contributed by atoms with Crippen LogP contribution < -0.4 is 5.56 Å². The van der Waals surface area contributed by atoms with Gasteiger partial charge in [-0.2, -0.15) is 12.6 Å². The van der Waals surface area contributed by atoms with Crippen molar-refractivity contribution in [2.45, 2.75) is 32.7 Å². The molecule has 1 heterocycles. The van der Waals surface area contributed by atoms with E-state index in [9.17, 15) is 4.79 Å². The highest BCUT2D eigenvalue weighted by Crippen LogP contribution is 2.43. The summed E-state index contributed by atoms with van der Waals surface area (Å²) in [5.74, 6) is 0.866. The van der Waals surface area contributed by atoms with Crippen LogP contribution >= 0.6 is 28.6 Å². The lowest BCUT2D eigenvalue weighted by Crippen LogP contribution is -2.39. The van der Waals surface area contributed by atoms with Crippen molar-refractivity contribution in [1.82, 2.24) is 4.57 Å². The Kier molecular flexibility index (Phi) is 3.50. The highest BCUT2D eigenvalue weighted by Gasteiger charge is 2.36. The smallest absolute Gasteiger partial charge is 0.253 e. The lowest BCUT2D eigenvalue weighted by molar-refractivity contribution is 0.137. The quantitative estimate of drug-likeness (QED) is 0.852. The Morgan fingerprint density at radius 2 is 2.25 bits per heavy atom. The summed E-state index contributed by atoms with van der Waals surface area (Å²) in [5.41, 5.74) is 1.17. The van der Waals surface area contributed by atoms with Crippen LogP contribution in [0.15, 0.2) is 21.5 Å². The minimum atomic E-state index is 0.122. The lowest BCUT2D eigenvalue weighted by Gasteiger charge is -2.41. The Hall–Kier alpha value is -0.220. The van der Waals surface area contributed by atoms with Gasteiger partial charge in [-0.3, -0.25) is 4.79 Å². The lowest BCUT2D eigenvalue weighted by atomic mass is 9.70. The molecule has 0 N–H and O–H groups in total. The van der Waals surface area contributed by atoms with Crippen molar-refractivity contribution in [3.05, 3.63) is 32.7 Å². The van der Waals surface area contributed by atoms with Crippen molar-refractivity contribution in [2.24, 2.45) is 5.41 Å². The van der Waals surface area contributed by atoms with Crippen molar-refractivity contribution in [2.75, 3.05) is 5.75 Å². The van der Waals surface area contributed by atoms with Gasteiger partial charge in [0.15, 0.2) is 0 Å². The van der Waals surface area contributed by atoms with Gasteiger partial charge in [0.1, 0.15) is 0 Å². The molecule has 0 unspecified atom stereocenters. The van der Waals surface area contributed by atoms with Crippen LogP contribution in [0, 0.1) is 12.3 Å². The maximum absolute atomic E-state index is 12.0. The van der Waals surface area contributed by atoms with E-state index in [1.807, 2.05) is 23.8 Å². The van der Waals surface area contributed by atoms with E-state index in [0.717, 1.165) is 22.3 Å². The van der Waals surface area contributed by atoms with Gasteiger partial charge in [0.05, 0.1) is 0 Å². The molecule has 0 amide bonds. The summed E-state index contributed by atoms with van der Waals surface area (Å²) in [6, 6.07) is 1.87. The van der Waals surface area contributed by atoms with Gasteiger partial charge in [-0.05, 0) is 52.9 Å². The van der Waals surface area contributed by atoms with Crippen LogP contribution in [0.2, 0.25) is 0 Å². The molecule has 0 saturated heterocycles. The Morgan fingerprint density at radius 1 is 1.56 bits per heavy atom. The Labute approximate surface area is 110 Å². The fraction of sp³-hybridized carbons (Fsp3) is 0.583. The molecule has 1 aromatic rings. The zero-order chi connectivity index (χ0) is 11.8. The molecule has 88 valence electrons. The summed E-state index contributed by atoms with van der Waals surface area (Å²) in [6.07, 6.45) is 5.53. The first-order valence-electron chi connectivity index (χ1n) is 5.54. The summed E-state index contributed by atoms with van der Waals surface area (Å²) in [7, 11) is 0. The number of aromatic nitrogens is 1. The number of pyridine rings is 1. The molecule has 2 nitrogen and oxygen atoms in total. The van der Waals surface area contributed by atoms with Gasteiger partial charge in [-0.25, -0.2) is 0 Å². The van der Waals surface area contributed by atoms with Gasteiger partial charge in [0.25, 0.3) is 5.56 Å². The van der Waals surface area contributed by atoms with Crippen LogP contribution in [0.3, 0.4) is 0 Å². The van der Waals surface area contributed by atoms with Gasteiger partial charge in [-0.15, -0.1) is 0 Å². The fourth-order valence-electron chi connectivity index (χ4n) is 2.26. The maximum atomic E-state index is 12.0. The van der Waals surface area contributed by atoms with Crippen LogP contribution in [0.25, 0.3) is 0 Å². The molecule has 0 bridgehead atoms. The van der Waals surface area contributed by atoms with Crippen LogP contribution in [-0.2, 0) is 6.54 Å². The van der Waals surface area contributed by atoms with Gasteiger partial charge in [0, 0.05) is 22.8 Å². The summed E-state index contributed by atoms with van der Waals surface area (Å²) >= 11 is 7.86. The van der Waals surface area contributed by atoms with Crippen molar-refractivity contribution in [1.29, 1.82) is 0 Å². The third kappa shape index (κ3) is 2.23. The number of hydrogen-bond acceptors (Lipinski definition) is 2. The van der Waals surface area contributed by atoms with E-state index in [0.29, 0.717) is 0 Å². The highest BCUT2D eigenvalue weighted by atomic mass is 79.9. The summed E-state index contributed by atoms with van der Waals surface area (Å²) in [4.78, 5) is 12.0. The summed E-state index contributed by atoms with van der Waals surface area (Å²) in [6.45, 7) is 2.66. The molecule has 0 aliphatic heterocycles. The number of rotatable bonds is 3. The first kappa shape index (κ1) is 12.2. The second-order valence-corrected chi connectivity index (χ2v) is 6.02. The topological polar surface area (TPSA) is 22.0 Å².